The molecule has 1 aromatic rings. The van der Waals surface area contributed by atoms with Gasteiger partial charge in [-0.1, -0.05) is 0 Å². The Morgan fingerprint density at radius 3 is 2.80 bits per heavy atom. The van der Waals surface area contributed by atoms with Crippen LogP contribution >= 0.6 is 0 Å². The highest BCUT2D eigenvalue weighted by atomic mass is 16.4. The maximum absolute atomic E-state index is 11.5. The summed E-state index contributed by atoms with van der Waals surface area (Å²) in [5.74, 6) is 1.29. The molecule has 0 aromatic carbocycles. The smallest absolute Gasteiger partial charge is 0.326 e. The zero-order chi connectivity index (χ0) is 14.3. The second-order valence-corrected chi connectivity index (χ2v) is 6.16. The van der Waals surface area contributed by atoms with Gasteiger partial charge in [0.1, 0.15) is 17.7 Å². The zero-order valence-corrected chi connectivity index (χ0v) is 12.1. The fourth-order valence-corrected chi connectivity index (χ4v) is 3.41. The lowest BCUT2D eigenvalue weighted by Crippen LogP contribution is -2.30. The molecule has 1 saturated heterocycles. The summed E-state index contributed by atoms with van der Waals surface area (Å²) in [6.45, 7) is 6.41. The number of aromatic nitrogens is 3. The summed E-state index contributed by atoms with van der Waals surface area (Å²) >= 11 is 0. The van der Waals surface area contributed by atoms with E-state index in [2.05, 4.69) is 28.9 Å². The van der Waals surface area contributed by atoms with Gasteiger partial charge >= 0.3 is 5.97 Å². The molecular weight excluding hydrogens is 256 g/mol. The van der Waals surface area contributed by atoms with Crippen LogP contribution in [-0.2, 0) is 11.2 Å². The van der Waals surface area contributed by atoms with Gasteiger partial charge in [-0.2, -0.15) is 0 Å². The molecule has 3 heterocycles. The summed E-state index contributed by atoms with van der Waals surface area (Å²) in [5.41, 5.74) is 0. The van der Waals surface area contributed by atoms with Crippen LogP contribution in [0, 0.1) is 0 Å². The lowest BCUT2D eigenvalue weighted by molar-refractivity contribution is -0.141. The standard InChI is InChI=1S/C14H22N4O2/c1-9(2)17-7-6-10(8-17)13-16-15-12-5-3-4-11(14(19)20)18(12)13/h9-11H,3-8H2,1-2H3,(H,19,20). The molecule has 6 heteroatoms. The topological polar surface area (TPSA) is 71.2 Å². The van der Waals surface area contributed by atoms with Gasteiger partial charge in [0.05, 0.1) is 0 Å². The molecule has 20 heavy (non-hydrogen) atoms. The highest BCUT2D eigenvalue weighted by Crippen LogP contribution is 2.33. The van der Waals surface area contributed by atoms with Crippen LogP contribution in [0.25, 0.3) is 0 Å². The van der Waals surface area contributed by atoms with Crippen molar-refractivity contribution in [2.75, 3.05) is 13.1 Å². The lowest BCUT2D eigenvalue weighted by Gasteiger charge is -2.24. The van der Waals surface area contributed by atoms with E-state index in [0.29, 0.717) is 18.4 Å². The fourth-order valence-electron chi connectivity index (χ4n) is 3.41. The van der Waals surface area contributed by atoms with E-state index in [1.807, 2.05) is 4.57 Å². The second kappa shape index (κ2) is 5.16. The maximum Gasteiger partial charge on any atom is 0.326 e. The SMILES string of the molecule is CC(C)N1CCC(c2nnc3n2C(C(=O)O)CCC3)C1. The van der Waals surface area contributed by atoms with E-state index in [1.54, 1.807) is 0 Å². The third kappa shape index (κ3) is 2.22. The molecule has 110 valence electrons. The fraction of sp³-hybridized carbons (Fsp3) is 0.786. The quantitative estimate of drug-likeness (QED) is 0.906. The van der Waals surface area contributed by atoms with E-state index < -0.39 is 12.0 Å². The number of fused-ring (bicyclic) bond motifs is 1. The number of likely N-dealkylation sites (tertiary alicyclic amines) is 1. The number of hydrogen-bond acceptors (Lipinski definition) is 4. The highest BCUT2D eigenvalue weighted by molar-refractivity contribution is 5.72. The van der Waals surface area contributed by atoms with Crippen molar-refractivity contribution in [3.63, 3.8) is 0 Å². The molecule has 0 radical (unpaired) electrons. The minimum Gasteiger partial charge on any atom is -0.480 e. The van der Waals surface area contributed by atoms with Gasteiger partial charge in [-0.05, 0) is 39.7 Å². The molecule has 2 aliphatic heterocycles. The molecule has 0 aliphatic carbocycles. The number of carbonyl (C=O) groups is 1. The number of aryl methyl sites for hydroxylation is 1. The van der Waals surface area contributed by atoms with Crippen molar-refractivity contribution < 1.29 is 9.90 Å². The summed E-state index contributed by atoms with van der Waals surface area (Å²) in [4.78, 5) is 13.9. The van der Waals surface area contributed by atoms with Crippen molar-refractivity contribution in [2.45, 2.75) is 57.5 Å². The van der Waals surface area contributed by atoms with Crippen molar-refractivity contribution in [1.82, 2.24) is 19.7 Å². The summed E-state index contributed by atoms with van der Waals surface area (Å²) in [6, 6.07) is 0.0517. The maximum atomic E-state index is 11.5. The Bertz CT molecular complexity index is 511. The summed E-state index contributed by atoms with van der Waals surface area (Å²) in [6.07, 6.45) is 3.46. The first-order valence-electron chi connectivity index (χ1n) is 7.48. The molecule has 2 unspecified atom stereocenters. The van der Waals surface area contributed by atoms with Gasteiger partial charge in [-0.3, -0.25) is 0 Å². The average molecular weight is 278 g/mol. The third-order valence-corrected chi connectivity index (χ3v) is 4.58. The second-order valence-electron chi connectivity index (χ2n) is 6.16. The van der Waals surface area contributed by atoms with Crippen LogP contribution in [0.15, 0.2) is 0 Å². The molecule has 1 aromatic heterocycles. The van der Waals surface area contributed by atoms with E-state index >= 15 is 0 Å². The Morgan fingerprint density at radius 2 is 2.15 bits per heavy atom. The number of hydrogen-bond donors (Lipinski definition) is 1. The van der Waals surface area contributed by atoms with Gasteiger partial charge in [0.25, 0.3) is 0 Å². The average Bonchev–Trinajstić information content (AvgIpc) is 3.04. The molecule has 3 rings (SSSR count). The first-order valence-corrected chi connectivity index (χ1v) is 7.48. The van der Waals surface area contributed by atoms with Crippen LogP contribution in [0.1, 0.15) is 56.7 Å². The number of aliphatic carboxylic acids is 1. The van der Waals surface area contributed by atoms with Gasteiger partial charge in [0.15, 0.2) is 0 Å². The van der Waals surface area contributed by atoms with Crippen molar-refractivity contribution >= 4 is 5.97 Å². The molecule has 0 saturated carbocycles. The van der Waals surface area contributed by atoms with Crippen LogP contribution in [0.5, 0.6) is 0 Å². The van der Waals surface area contributed by atoms with Gasteiger partial charge in [-0.15, -0.1) is 10.2 Å². The Kier molecular flexibility index (Phi) is 3.50. The Hall–Kier alpha value is -1.43. The van der Waals surface area contributed by atoms with Gasteiger partial charge in [-0.25, -0.2) is 4.79 Å². The van der Waals surface area contributed by atoms with E-state index in [-0.39, 0.29) is 0 Å². The van der Waals surface area contributed by atoms with Gasteiger partial charge in [0, 0.05) is 24.9 Å². The van der Waals surface area contributed by atoms with Crippen LogP contribution in [0.2, 0.25) is 0 Å². The first kappa shape index (κ1) is 13.5. The number of carboxylic acids is 1. The van der Waals surface area contributed by atoms with E-state index in [4.69, 9.17) is 0 Å². The first-order chi connectivity index (χ1) is 9.58. The van der Waals surface area contributed by atoms with Crippen LogP contribution in [0.3, 0.4) is 0 Å². The number of carboxylic acid groups (broad SMARTS) is 1. The highest BCUT2D eigenvalue weighted by Gasteiger charge is 2.35. The minimum absolute atomic E-state index is 0.318. The minimum atomic E-state index is -0.759. The summed E-state index contributed by atoms with van der Waals surface area (Å²) in [7, 11) is 0. The van der Waals surface area contributed by atoms with Gasteiger partial charge in [0.2, 0.25) is 0 Å². The predicted octanol–water partition coefficient (Wildman–Crippen LogP) is 1.44. The van der Waals surface area contributed by atoms with Crippen molar-refractivity contribution in [1.29, 1.82) is 0 Å². The summed E-state index contributed by atoms with van der Waals surface area (Å²) in [5, 5.41) is 18.0. The van der Waals surface area contributed by atoms with Gasteiger partial charge < -0.3 is 14.6 Å². The molecule has 1 fully saturated rings. The van der Waals surface area contributed by atoms with E-state index in [9.17, 15) is 9.90 Å². The normalized spacial score (nSPS) is 26.9. The van der Waals surface area contributed by atoms with E-state index in [1.165, 1.54) is 0 Å². The molecule has 0 amide bonds. The monoisotopic (exact) mass is 278 g/mol. The molecule has 2 atom stereocenters. The van der Waals surface area contributed by atoms with Crippen LogP contribution in [-0.4, -0.2) is 49.9 Å². The van der Waals surface area contributed by atoms with Crippen LogP contribution in [0.4, 0.5) is 0 Å². The third-order valence-electron chi connectivity index (χ3n) is 4.58. The molecule has 6 nitrogen and oxygen atoms in total. The van der Waals surface area contributed by atoms with E-state index in [0.717, 1.165) is 44.0 Å². The van der Waals surface area contributed by atoms with Crippen LogP contribution < -0.4 is 0 Å². The molecular formula is C14H22N4O2. The van der Waals surface area contributed by atoms with Crippen molar-refractivity contribution in [3.05, 3.63) is 11.6 Å². The predicted molar refractivity (Wildman–Crippen MR) is 73.7 cm³/mol. The zero-order valence-electron chi connectivity index (χ0n) is 12.1. The van der Waals surface area contributed by atoms with Crippen molar-refractivity contribution in [3.8, 4) is 0 Å². The number of nitrogens with zero attached hydrogens (tertiary/aromatic N) is 4. The largest absolute Gasteiger partial charge is 0.480 e. The summed E-state index contributed by atoms with van der Waals surface area (Å²) < 4.78 is 1.90. The molecule has 0 bridgehead atoms. The lowest BCUT2D eigenvalue weighted by atomic mass is 10.0. The molecule has 1 N–H and O–H groups in total. The molecule has 2 aliphatic rings. The Morgan fingerprint density at radius 1 is 1.35 bits per heavy atom. The Balaban J connectivity index is 1.89. The number of rotatable bonds is 3. The van der Waals surface area contributed by atoms with Crippen molar-refractivity contribution in [2.24, 2.45) is 0 Å². The molecule has 0 spiro atoms. The Labute approximate surface area is 118 Å².